The summed E-state index contributed by atoms with van der Waals surface area (Å²) in [6.45, 7) is 0. The molecule has 15 heteroatoms. The van der Waals surface area contributed by atoms with Crippen molar-refractivity contribution in [3.63, 3.8) is 0 Å². The number of nitrogens with one attached hydrogen (secondary N) is 2. The number of carbonyl (C=O) groups is 1. The fourth-order valence-corrected chi connectivity index (χ4v) is 5.17. The number of halogens is 3. The van der Waals surface area contributed by atoms with Gasteiger partial charge in [-0.25, -0.2) is 23.4 Å². The SMILES string of the molecule is COC(C(=O)Nc1ccc(-c2cncc(C(F)(F)F)n2)cn1)c1csc(NS(=O)(=O)C2CC2)n1. The van der Waals surface area contributed by atoms with E-state index < -0.39 is 39.2 Å². The van der Waals surface area contributed by atoms with Gasteiger partial charge in [0.15, 0.2) is 16.9 Å². The third-order valence-electron chi connectivity index (χ3n) is 4.69. The maximum Gasteiger partial charge on any atom is 0.434 e. The molecule has 1 atom stereocenters. The van der Waals surface area contributed by atoms with Crippen LogP contribution in [0.4, 0.5) is 24.1 Å². The Morgan fingerprint density at radius 1 is 1.21 bits per heavy atom. The number of amides is 1. The Balaban J connectivity index is 1.44. The van der Waals surface area contributed by atoms with Crippen LogP contribution < -0.4 is 10.0 Å². The monoisotopic (exact) mass is 514 g/mol. The summed E-state index contributed by atoms with van der Waals surface area (Å²) in [6.07, 6.45) is -1.54. The van der Waals surface area contributed by atoms with E-state index in [0.717, 1.165) is 11.3 Å². The summed E-state index contributed by atoms with van der Waals surface area (Å²) in [4.78, 5) is 27.9. The van der Waals surface area contributed by atoms with Crippen molar-refractivity contribution < 1.29 is 31.1 Å². The molecular formula is C19H17F3N6O4S2. The number of aromatic nitrogens is 4. The summed E-state index contributed by atoms with van der Waals surface area (Å²) in [7, 11) is -2.20. The van der Waals surface area contributed by atoms with Gasteiger partial charge < -0.3 is 10.1 Å². The molecule has 0 aliphatic heterocycles. The quantitative estimate of drug-likeness (QED) is 0.468. The Labute approximate surface area is 195 Å². The zero-order valence-electron chi connectivity index (χ0n) is 17.4. The van der Waals surface area contributed by atoms with Crippen molar-refractivity contribution in [3.05, 3.63) is 47.5 Å². The molecule has 3 aromatic rings. The smallest absolute Gasteiger partial charge is 0.365 e. The summed E-state index contributed by atoms with van der Waals surface area (Å²) < 4.78 is 70.3. The Bertz CT molecular complexity index is 1290. The predicted molar refractivity (Wildman–Crippen MR) is 116 cm³/mol. The van der Waals surface area contributed by atoms with E-state index >= 15 is 0 Å². The number of hydrogen-bond acceptors (Lipinski definition) is 9. The number of sulfonamides is 1. The van der Waals surface area contributed by atoms with E-state index in [2.05, 4.69) is 30.0 Å². The Hall–Kier alpha value is -3.17. The molecule has 1 aliphatic carbocycles. The highest BCUT2D eigenvalue weighted by molar-refractivity contribution is 7.93. The number of carbonyl (C=O) groups excluding carboxylic acids is 1. The van der Waals surface area contributed by atoms with Crippen molar-refractivity contribution in [2.75, 3.05) is 17.1 Å². The Morgan fingerprint density at radius 2 is 1.97 bits per heavy atom. The zero-order chi connectivity index (χ0) is 24.5. The molecule has 3 heterocycles. The number of anilines is 2. The molecule has 180 valence electrons. The average molecular weight is 515 g/mol. The van der Waals surface area contributed by atoms with Crippen LogP contribution in [0.15, 0.2) is 36.1 Å². The van der Waals surface area contributed by atoms with E-state index in [1.807, 2.05) is 0 Å². The molecule has 0 spiro atoms. The second-order valence-corrected chi connectivity index (χ2v) is 10.1. The number of nitrogens with zero attached hydrogens (tertiary/aromatic N) is 4. The van der Waals surface area contributed by atoms with Gasteiger partial charge in [-0.1, -0.05) is 0 Å². The molecule has 10 nitrogen and oxygen atoms in total. The van der Waals surface area contributed by atoms with E-state index in [0.29, 0.717) is 19.0 Å². The second-order valence-electron chi connectivity index (χ2n) is 7.25. The number of pyridine rings is 1. The predicted octanol–water partition coefficient (Wildman–Crippen LogP) is 3.24. The highest BCUT2D eigenvalue weighted by atomic mass is 32.2. The maximum absolute atomic E-state index is 12.8. The van der Waals surface area contributed by atoms with Crippen molar-refractivity contribution >= 4 is 38.2 Å². The lowest BCUT2D eigenvalue weighted by molar-refractivity contribution is -0.141. The van der Waals surface area contributed by atoms with Crippen LogP contribution in [-0.4, -0.2) is 46.6 Å². The number of alkyl halides is 3. The number of thiazole rings is 1. The van der Waals surface area contributed by atoms with Crippen LogP contribution in [0.25, 0.3) is 11.3 Å². The number of methoxy groups -OCH3 is 1. The van der Waals surface area contributed by atoms with Gasteiger partial charge in [0, 0.05) is 24.3 Å². The number of rotatable bonds is 8. The van der Waals surface area contributed by atoms with Crippen LogP contribution in [-0.2, 0) is 25.7 Å². The zero-order valence-corrected chi connectivity index (χ0v) is 19.0. The first-order valence-electron chi connectivity index (χ1n) is 9.73. The molecule has 4 rings (SSSR count). The van der Waals surface area contributed by atoms with Gasteiger partial charge in [-0.05, 0) is 25.0 Å². The largest absolute Gasteiger partial charge is 0.434 e. The van der Waals surface area contributed by atoms with Gasteiger partial charge >= 0.3 is 6.18 Å². The molecule has 0 radical (unpaired) electrons. The van der Waals surface area contributed by atoms with E-state index in [1.165, 1.54) is 37.0 Å². The molecule has 0 bridgehead atoms. The fraction of sp³-hybridized carbons (Fsp3) is 0.316. The highest BCUT2D eigenvalue weighted by Gasteiger charge is 2.36. The van der Waals surface area contributed by atoms with Crippen molar-refractivity contribution in [3.8, 4) is 11.3 Å². The van der Waals surface area contributed by atoms with Crippen LogP contribution >= 0.6 is 11.3 Å². The van der Waals surface area contributed by atoms with Crippen LogP contribution in [0.1, 0.15) is 30.3 Å². The van der Waals surface area contributed by atoms with Gasteiger partial charge in [0.2, 0.25) is 10.0 Å². The van der Waals surface area contributed by atoms with Crippen molar-refractivity contribution in [1.29, 1.82) is 0 Å². The molecule has 1 fully saturated rings. The lowest BCUT2D eigenvalue weighted by atomic mass is 10.2. The van der Waals surface area contributed by atoms with Gasteiger partial charge in [0.1, 0.15) is 5.82 Å². The minimum absolute atomic E-state index is 0.0291. The highest BCUT2D eigenvalue weighted by Crippen LogP contribution is 2.32. The maximum atomic E-state index is 12.8. The average Bonchev–Trinajstić information content (AvgIpc) is 3.56. The molecular weight excluding hydrogens is 497 g/mol. The third kappa shape index (κ3) is 5.48. The molecule has 3 aromatic heterocycles. The summed E-state index contributed by atoms with van der Waals surface area (Å²) in [6, 6.07) is 2.82. The van der Waals surface area contributed by atoms with Gasteiger partial charge in [0.05, 0.1) is 29.0 Å². The summed E-state index contributed by atoms with van der Waals surface area (Å²) in [5.41, 5.74) is -0.688. The molecule has 1 amide bonds. The number of hydrogen-bond donors (Lipinski definition) is 2. The summed E-state index contributed by atoms with van der Waals surface area (Å²) >= 11 is 1.02. The van der Waals surface area contributed by atoms with Crippen molar-refractivity contribution in [2.24, 2.45) is 0 Å². The standard InChI is InChI=1S/C19H17F3N6O4S2/c1-32-16(13-9-33-18(26-13)28-34(30,31)11-3-4-11)17(29)27-15-5-2-10(6-24-15)12-7-23-8-14(25-12)19(20,21)22/h2,5-9,11,16H,3-4H2,1H3,(H,26,28)(H,24,27,29). The van der Waals surface area contributed by atoms with Crippen LogP contribution in [0.3, 0.4) is 0 Å². The van der Waals surface area contributed by atoms with Crippen molar-refractivity contribution in [2.45, 2.75) is 30.4 Å². The van der Waals surface area contributed by atoms with Gasteiger partial charge in [-0.3, -0.25) is 14.5 Å². The summed E-state index contributed by atoms with van der Waals surface area (Å²) in [5, 5.41) is 3.73. The molecule has 0 aromatic carbocycles. The lowest BCUT2D eigenvalue weighted by Crippen LogP contribution is -2.23. The van der Waals surface area contributed by atoms with E-state index in [1.54, 1.807) is 0 Å². The van der Waals surface area contributed by atoms with Gasteiger partial charge in [-0.15, -0.1) is 11.3 Å². The second kappa shape index (κ2) is 9.23. The molecule has 1 unspecified atom stereocenters. The third-order valence-corrected chi connectivity index (χ3v) is 7.42. The number of ether oxygens (including phenoxy) is 1. The minimum Gasteiger partial charge on any atom is -0.365 e. The van der Waals surface area contributed by atoms with Crippen molar-refractivity contribution in [1.82, 2.24) is 19.9 Å². The molecule has 34 heavy (non-hydrogen) atoms. The first-order valence-corrected chi connectivity index (χ1v) is 12.2. The summed E-state index contributed by atoms with van der Waals surface area (Å²) in [5.74, 6) is -0.510. The normalized spacial score (nSPS) is 15.1. The molecule has 2 N–H and O–H groups in total. The topological polar surface area (TPSA) is 136 Å². The van der Waals surface area contributed by atoms with E-state index in [-0.39, 0.29) is 27.9 Å². The van der Waals surface area contributed by atoms with Crippen LogP contribution in [0.2, 0.25) is 0 Å². The molecule has 1 aliphatic rings. The van der Waals surface area contributed by atoms with Gasteiger partial charge in [0.25, 0.3) is 5.91 Å². The lowest BCUT2D eigenvalue weighted by Gasteiger charge is -2.13. The van der Waals surface area contributed by atoms with Crippen LogP contribution in [0.5, 0.6) is 0 Å². The Morgan fingerprint density at radius 3 is 2.59 bits per heavy atom. The molecule has 0 saturated heterocycles. The van der Waals surface area contributed by atoms with Gasteiger partial charge in [-0.2, -0.15) is 13.2 Å². The first kappa shape index (κ1) is 24.0. The van der Waals surface area contributed by atoms with Crippen LogP contribution in [0, 0.1) is 0 Å². The minimum atomic E-state index is -4.63. The van der Waals surface area contributed by atoms with E-state index in [9.17, 15) is 26.4 Å². The first-order chi connectivity index (χ1) is 16.1. The van der Waals surface area contributed by atoms with E-state index in [4.69, 9.17) is 4.74 Å². The Kier molecular flexibility index (Phi) is 6.51. The fourth-order valence-electron chi connectivity index (χ4n) is 2.85. The molecule has 1 saturated carbocycles.